The van der Waals surface area contributed by atoms with Crippen LogP contribution in [0.3, 0.4) is 0 Å². The Morgan fingerprint density at radius 3 is 2.82 bits per heavy atom. The molecule has 0 fully saturated rings. The lowest BCUT2D eigenvalue weighted by atomic mass is 10.3. The van der Waals surface area contributed by atoms with Gasteiger partial charge in [0.25, 0.3) is 0 Å². The summed E-state index contributed by atoms with van der Waals surface area (Å²) in [6.07, 6.45) is 3.05. The summed E-state index contributed by atoms with van der Waals surface area (Å²) >= 11 is 5.83. The first-order valence-corrected chi connectivity index (χ1v) is 6.41. The number of benzene rings is 1. The molecule has 0 atom stereocenters. The van der Waals surface area contributed by atoms with Crippen LogP contribution in [-0.2, 0) is 0 Å². The second-order valence-corrected chi connectivity index (χ2v) is 4.26. The van der Waals surface area contributed by atoms with Gasteiger partial charge in [-0.3, -0.25) is 0 Å². The summed E-state index contributed by atoms with van der Waals surface area (Å²) in [6, 6.07) is 4.55. The number of ether oxygens (including phenoxy) is 1. The minimum atomic E-state index is -0.401. The molecule has 0 aliphatic rings. The number of unbranched alkanes of at least 4 members (excludes halogenated alkanes) is 1. The fourth-order valence-corrected chi connectivity index (χ4v) is 1.67. The molecular formula is C13H19ClFNO. The average Bonchev–Trinajstić information content (AvgIpc) is 2.31. The van der Waals surface area contributed by atoms with Gasteiger partial charge in [0.2, 0.25) is 0 Å². The smallest absolute Gasteiger partial charge is 0.173 e. The molecule has 0 saturated carbocycles. The lowest BCUT2D eigenvalue weighted by Gasteiger charge is -2.08. The van der Waals surface area contributed by atoms with Gasteiger partial charge in [-0.1, -0.05) is 24.6 Å². The zero-order valence-electron chi connectivity index (χ0n) is 10.1. The van der Waals surface area contributed by atoms with E-state index >= 15 is 0 Å². The fourth-order valence-electron chi connectivity index (χ4n) is 1.45. The normalized spacial score (nSPS) is 10.5. The van der Waals surface area contributed by atoms with Crippen LogP contribution in [0.25, 0.3) is 0 Å². The number of nitrogens with one attached hydrogen (secondary N) is 1. The van der Waals surface area contributed by atoms with Gasteiger partial charge in [0, 0.05) is 0 Å². The first-order chi connectivity index (χ1) is 8.25. The summed E-state index contributed by atoms with van der Waals surface area (Å²) in [5.41, 5.74) is 0. The fraction of sp³-hybridized carbons (Fsp3) is 0.538. The Bertz CT molecular complexity index is 313. The average molecular weight is 260 g/mol. The highest BCUT2D eigenvalue weighted by atomic mass is 35.5. The molecule has 0 radical (unpaired) electrons. The second-order valence-electron chi connectivity index (χ2n) is 3.86. The van der Waals surface area contributed by atoms with Gasteiger partial charge in [-0.25, -0.2) is 4.39 Å². The van der Waals surface area contributed by atoms with Crippen LogP contribution >= 0.6 is 11.6 Å². The van der Waals surface area contributed by atoms with E-state index in [0.29, 0.717) is 11.6 Å². The summed E-state index contributed by atoms with van der Waals surface area (Å²) in [6.45, 7) is 4.65. The van der Waals surface area contributed by atoms with Crippen molar-refractivity contribution in [2.75, 3.05) is 19.7 Å². The van der Waals surface area contributed by atoms with Crippen LogP contribution in [0.5, 0.6) is 5.75 Å². The molecule has 2 nitrogen and oxygen atoms in total. The molecular weight excluding hydrogens is 241 g/mol. The van der Waals surface area contributed by atoms with Crippen LogP contribution in [0.1, 0.15) is 26.2 Å². The third kappa shape index (κ3) is 5.37. The predicted octanol–water partition coefficient (Wildman–Crippen LogP) is 3.64. The molecule has 0 unspecified atom stereocenters. The topological polar surface area (TPSA) is 21.3 Å². The van der Waals surface area contributed by atoms with Crippen molar-refractivity contribution < 1.29 is 9.13 Å². The lowest BCUT2D eigenvalue weighted by molar-refractivity contribution is 0.291. The Morgan fingerprint density at radius 1 is 1.29 bits per heavy atom. The van der Waals surface area contributed by atoms with Crippen LogP contribution < -0.4 is 10.1 Å². The summed E-state index contributed by atoms with van der Waals surface area (Å²) < 4.78 is 18.6. The molecule has 0 amide bonds. The van der Waals surface area contributed by atoms with E-state index in [1.807, 2.05) is 0 Å². The number of rotatable bonds is 8. The third-order valence-electron chi connectivity index (χ3n) is 2.34. The van der Waals surface area contributed by atoms with E-state index in [9.17, 15) is 4.39 Å². The molecule has 1 N–H and O–H groups in total. The number of para-hydroxylation sites is 1. The van der Waals surface area contributed by atoms with Crippen LogP contribution in [0.2, 0.25) is 5.02 Å². The van der Waals surface area contributed by atoms with Gasteiger partial charge in [-0.2, -0.15) is 0 Å². The molecule has 4 heteroatoms. The summed E-state index contributed by atoms with van der Waals surface area (Å²) in [5.74, 6) is -0.239. The molecule has 0 saturated heterocycles. The molecule has 0 spiro atoms. The van der Waals surface area contributed by atoms with Crippen molar-refractivity contribution in [3.05, 3.63) is 29.0 Å². The predicted molar refractivity (Wildman–Crippen MR) is 69.3 cm³/mol. The van der Waals surface area contributed by atoms with Crippen molar-refractivity contribution >= 4 is 11.6 Å². The van der Waals surface area contributed by atoms with Gasteiger partial charge >= 0.3 is 0 Å². The van der Waals surface area contributed by atoms with E-state index in [-0.39, 0.29) is 5.75 Å². The molecule has 0 aromatic heterocycles. The van der Waals surface area contributed by atoms with E-state index < -0.39 is 5.82 Å². The molecule has 0 aliphatic heterocycles. The van der Waals surface area contributed by atoms with Gasteiger partial charge in [-0.05, 0) is 44.5 Å². The molecule has 1 aromatic carbocycles. The van der Waals surface area contributed by atoms with Crippen molar-refractivity contribution in [1.82, 2.24) is 5.32 Å². The molecule has 0 heterocycles. The first kappa shape index (κ1) is 14.3. The SMILES string of the molecule is CCCNCCCCOc1c(F)cccc1Cl. The van der Waals surface area contributed by atoms with E-state index in [1.54, 1.807) is 12.1 Å². The minimum Gasteiger partial charge on any atom is -0.489 e. The maximum atomic E-state index is 13.3. The van der Waals surface area contributed by atoms with E-state index in [0.717, 1.165) is 32.4 Å². The van der Waals surface area contributed by atoms with Crippen molar-refractivity contribution in [2.24, 2.45) is 0 Å². The van der Waals surface area contributed by atoms with Gasteiger partial charge in [0.15, 0.2) is 11.6 Å². The van der Waals surface area contributed by atoms with Crippen LogP contribution in [0, 0.1) is 5.82 Å². The monoisotopic (exact) mass is 259 g/mol. The van der Waals surface area contributed by atoms with Crippen molar-refractivity contribution in [2.45, 2.75) is 26.2 Å². The number of hydrogen-bond acceptors (Lipinski definition) is 2. The van der Waals surface area contributed by atoms with E-state index in [4.69, 9.17) is 16.3 Å². The van der Waals surface area contributed by atoms with Gasteiger partial charge in [-0.15, -0.1) is 0 Å². The van der Waals surface area contributed by atoms with Crippen LogP contribution in [0.15, 0.2) is 18.2 Å². The highest BCUT2D eigenvalue weighted by Crippen LogP contribution is 2.27. The van der Waals surface area contributed by atoms with E-state index in [1.165, 1.54) is 6.07 Å². The quantitative estimate of drug-likeness (QED) is 0.720. The minimum absolute atomic E-state index is 0.163. The summed E-state index contributed by atoms with van der Waals surface area (Å²) in [5, 5.41) is 3.63. The third-order valence-corrected chi connectivity index (χ3v) is 2.64. The number of halogens is 2. The lowest BCUT2D eigenvalue weighted by Crippen LogP contribution is -2.16. The van der Waals surface area contributed by atoms with Crippen molar-refractivity contribution in [3.8, 4) is 5.75 Å². The largest absolute Gasteiger partial charge is 0.489 e. The van der Waals surface area contributed by atoms with Gasteiger partial charge in [0.05, 0.1) is 11.6 Å². The van der Waals surface area contributed by atoms with Crippen LogP contribution in [-0.4, -0.2) is 19.7 Å². The Labute approximate surface area is 107 Å². The Morgan fingerprint density at radius 2 is 2.12 bits per heavy atom. The van der Waals surface area contributed by atoms with Gasteiger partial charge < -0.3 is 10.1 Å². The molecule has 1 rings (SSSR count). The molecule has 96 valence electrons. The Kier molecular flexibility index (Phi) is 6.97. The molecule has 1 aromatic rings. The summed E-state index contributed by atoms with van der Waals surface area (Å²) in [4.78, 5) is 0. The number of hydrogen-bond donors (Lipinski definition) is 1. The van der Waals surface area contributed by atoms with E-state index in [2.05, 4.69) is 12.2 Å². The van der Waals surface area contributed by atoms with Crippen LogP contribution in [0.4, 0.5) is 4.39 Å². The highest BCUT2D eigenvalue weighted by Gasteiger charge is 2.07. The highest BCUT2D eigenvalue weighted by molar-refractivity contribution is 6.32. The standard InChI is InChI=1S/C13H19ClFNO/c1-2-8-16-9-3-4-10-17-13-11(14)6-5-7-12(13)15/h5-7,16H,2-4,8-10H2,1H3. The first-order valence-electron chi connectivity index (χ1n) is 6.03. The second kappa shape index (κ2) is 8.31. The Balaban J connectivity index is 2.18. The van der Waals surface area contributed by atoms with Crippen molar-refractivity contribution in [3.63, 3.8) is 0 Å². The zero-order valence-corrected chi connectivity index (χ0v) is 10.9. The molecule has 0 bridgehead atoms. The zero-order chi connectivity index (χ0) is 12.5. The van der Waals surface area contributed by atoms with Gasteiger partial charge in [0.1, 0.15) is 0 Å². The molecule has 0 aliphatic carbocycles. The maximum Gasteiger partial charge on any atom is 0.173 e. The van der Waals surface area contributed by atoms with Crippen molar-refractivity contribution in [1.29, 1.82) is 0 Å². The maximum absolute atomic E-state index is 13.3. The molecule has 17 heavy (non-hydrogen) atoms. The Hall–Kier alpha value is -0.800. The summed E-state index contributed by atoms with van der Waals surface area (Å²) in [7, 11) is 0.